The number of benzene rings is 1. The Kier molecular flexibility index (Phi) is 5.14. The van der Waals surface area contributed by atoms with Crippen LogP contribution in [0.1, 0.15) is 72.3 Å². The molecule has 1 aromatic carbocycles. The molecule has 1 aromatic rings. The number of rotatable bonds is 3. The minimum atomic E-state index is 0.116. The highest BCUT2D eigenvalue weighted by molar-refractivity contribution is 5.94. The molecule has 3 nitrogen and oxygen atoms in total. The van der Waals surface area contributed by atoms with Gasteiger partial charge in [0.25, 0.3) is 5.91 Å². The van der Waals surface area contributed by atoms with Crippen molar-refractivity contribution >= 4 is 5.91 Å². The van der Waals surface area contributed by atoms with Crippen LogP contribution in [-0.4, -0.2) is 25.0 Å². The highest BCUT2D eigenvalue weighted by atomic mass is 16.1. The lowest BCUT2D eigenvalue weighted by Gasteiger charge is -2.25. The summed E-state index contributed by atoms with van der Waals surface area (Å²) in [7, 11) is 0. The molecular formula is C19H28N2O. The highest BCUT2D eigenvalue weighted by Gasteiger charge is 2.19. The molecule has 120 valence electrons. The zero-order chi connectivity index (χ0) is 15.4. The Labute approximate surface area is 133 Å². The number of piperidine rings is 1. The summed E-state index contributed by atoms with van der Waals surface area (Å²) < 4.78 is 0. The van der Waals surface area contributed by atoms with Gasteiger partial charge in [-0.15, -0.1) is 0 Å². The second kappa shape index (κ2) is 7.28. The number of hydrogen-bond donors (Lipinski definition) is 2. The molecule has 1 amide bonds. The molecule has 22 heavy (non-hydrogen) atoms. The van der Waals surface area contributed by atoms with Gasteiger partial charge in [-0.2, -0.15) is 0 Å². The number of hydrogen-bond acceptors (Lipinski definition) is 2. The van der Waals surface area contributed by atoms with Crippen molar-refractivity contribution in [3.63, 3.8) is 0 Å². The van der Waals surface area contributed by atoms with Crippen molar-refractivity contribution in [3.8, 4) is 0 Å². The molecule has 3 heteroatoms. The van der Waals surface area contributed by atoms with Gasteiger partial charge < -0.3 is 10.6 Å². The Morgan fingerprint density at radius 3 is 2.50 bits per heavy atom. The molecule has 0 unspecified atom stereocenters. The maximum Gasteiger partial charge on any atom is 0.251 e. The summed E-state index contributed by atoms with van der Waals surface area (Å²) >= 11 is 0. The normalized spacial score (nSPS) is 20.8. The van der Waals surface area contributed by atoms with Crippen molar-refractivity contribution in [2.75, 3.05) is 13.1 Å². The van der Waals surface area contributed by atoms with Crippen molar-refractivity contribution in [2.24, 2.45) is 0 Å². The van der Waals surface area contributed by atoms with E-state index in [1.54, 1.807) is 0 Å². The summed E-state index contributed by atoms with van der Waals surface area (Å²) in [6.45, 7) is 4.27. The van der Waals surface area contributed by atoms with E-state index in [2.05, 4.69) is 29.7 Å². The van der Waals surface area contributed by atoms with E-state index in [4.69, 9.17) is 0 Å². The molecule has 1 saturated carbocycles. The third kappa shape index (κ3) is 3.89. The molecule has 1 heterocycles. The first kappa shape index (κ1) is 15.5. The van der Waals surface area contributed by atoms with Crippen LogP contribution in [0.3, 0.4) is 0 Å². The fourth-order valence-electron chi connectivity index (χ4n) is 3.85. The van der Waals surface area contributed by atoms with Gasteiger partial charge in [0.2, 0.25) is 0 Å². The van der Waals surface area contributed by atoms with Crippen LogP contribution in [0.25, 0.3) is 0 Å². The topological polar surface area (TPSA) is 41.1 Å². The van der Waals surface area contributed by atoms with Gasteiger partial charge in [0.05, 0.1) is 0 Å². The largest absolute Gasteiger partial charge is 0.349 e. The van der Waals surface area contributed by atoms with E-state index in [0.717, 1.165) is 31.5 Å². The molecule has 2 N–H and O–H groups in total. The first-order chi connectivity index (χ1) is 10.7. The molecule has 0 radical (unpaired) electrons. The molecule has 0 spiro atoms. The number of aryl methyl sites for hydroxylation is 1. The van der Waals surface area contributed by atoms with Gasteiger partial charge in [0.15, 0.2) is 0 Å². The Morgan fingerprint density at radius 2 is 1.77 bits per heavy atom. The van der Waals surface area contributed by atoms with E-state index < -0.39 is 0 Å². The van der Waals surface area contributed by atoms with Gasteiger partial charge >= 0.3 is 0 Å². The maximum atomic E-state index is 12.6. The van der Waals surface area contributed by atoms with Crippen molar-refractivity contribution < 1.29 is 4.79 Å². The Hall–Kier alpha value is -1.35. The van der Waals surface area contributed by atoms with Crippen molar-refractivity contribution in [3.05, 3.63) is 34.9 Å². The van der Waals surface area contributed by atoms with Crippen LogP contribution < -0.4 is 10.6 Å². The summed E-state index contributed by atoms with van der Waals surface area (Å²) in [6, 6.07) is 6.79. The van der Waals surface area contributed by atoms with E-state index in [9.17, 15) is 4.79 Å². The number of nitrogens with one attached hydrogen (secondary N) is 2. The van der Waals surface area contributed by atoms with E-state index >= 15 is 0 Å². The van der Waals surface area contributed by atoms with Crippen LogP contribution in [0.2, 0.25) is 0 Å². The summed E-state index contributed by atoms with van der Waals surface area (Å²) in [6.07, 6.45) is 8.44. The van der Waals surface area contributed by atoms with Gasteiger partial charge in [-0.25, -0.2) is 0 Å². The number of amides is 1. The molecule has 0 bridgehead atoms. The van der Waals surface area contributed by atoms with Crippen LogP contribution in [0.4, 0.5) is 0 Å². The van der Waals surface area contributed by atoms with E-state index in [-0.39, 0.29) is 5.91 Å². The lowest BCUT2D eigenvalue weighted by molar-refractivity contribution is 0.0927. The van der Waals surface area contributed by atoms with Crippen LogP contribution in [0.5, 0.6) is 0 Å². The van der Waals surface area contributed by atoms with Crippen LogP contribution in [0.15, 0.2) is 18.2 Å². The monoisotopic (exact) mass is 300 g/mol. The lowest BCUT2D eigenvalue weighted by Crippen LogP contribution is -2.36. The molecule has 2 fully saturated rings. The quantitative estimate of drug-likeness (QED) is 0.896. The fraction of sp³-hybridized carbons (Fsp3) is 0.632. The minimum Gasteiger partial charge on any atom is -0.349 e. The second-order valence-electron chi connectivity index (χ2n) is 6.97. The summed E-state index contributed by atoms with van der Waals surface area (Å²) in [5.74, 6) is 0.716. The van der Waals surface area contributed by atoms with Gasteiger partial charge in [-0.05, 0) is 69.3 Å². The molecule has 0 aromatic heterocycles. The predicted molar refractivity (Wildman–Crippen MR) is 90.4 cm³/mol. The first-order valence-corrected chi connectivity index (χ1v) is 8.85. The molecule has 3 rings (SSSR count). The SMILES string of the molecule is Cc1cc(C(=O)NC2CCCCC2)cc(C2CCNCC2)c1. The fourth-order valence-corrected chi connectivity index (χ4v) is 3.85. The van der Waals surface area contributed by atoms with Crippen molar-refractivity contribution in [1.29, 1.82) is 0 Å². The standard InChI is InChI=1S/C19H28N2O/c1-14-11-16(15-7-9-20-10-8-15)13-17(12-14)19(22)21-18-5-3-2-4-6-18/h11-13,15,18,20H,2-10H2,1H3,(H,21,22). The summed E-state index contributed by atoms with van der Waals surface area (Å²) in [4.78, 5) is 12.6. The molecule has 1 aliphatic heterocycles. The second-order valence-corrected chi connectivity index (χ2v) is 6.97. The van der Waals surface area contributed by atoms with E-state index in [0.29, 0.717) is 12.0 Å². The highest BCUT2D eigenvalue weighted by Crippen LogP contribution is 2.27. The lowest BCUT2D eigenvalue weighted by atomic mass is 9.88. The summed E-state index contributed by atoms with van der Waals surface area (Å²) in [5.41, 5.74) is 3.39. The Morgan fingerprint density at radius 1 is 1.05 bits per heavy atom. The molecule has 1 saturated heterocycles. The minimum absolute atomic E-state index is 0.116. The molecule has 2 aliphatic rings. The van der Waals surface area contributed by atoms with Gasteiger partial charge in [-0.3, -0.25) is 4.79 Å². The van der Waals surface area contributed by atoms with Gasteiger partial charge in [0, 0.05) is 11.6 Å². The van der Waals surface area contributed by atoms with Crippen LogP contribution in [-0.2, 0) is 0 Å². The number of carbonyl (C=O) groups excluding carboxylic acids is 1. The smallest absolute Gasteiger partial charge is 0.251 e. The average molecular weight is 300 g/mol. The predicted octanol–water partition coefficient (Wildman–Crippen LogP) is 3.52. The molecule has 1 aliphatic carbocycles. The first-order valence-electron chi connectivity index (χ1n) is 8.85. The van der Waals surface area contributed by atoms with Crippen LogP contribution in [0, 0.1) is 6.92 Å². The number of carbonyl (C=O) groups is 1. The molecular weight excluding hydrogens is 272 g/mol. The van der Waals surface area contributed by atoms with Crippen molar-refractivity contribution in [1.82, 2.24) is 10.6 Å². The van der Waals surface area contributed by atoms with Gasteiger partial charge in [-0.1, -0.05) is 30.9 Å². The third-order valence-electron chi connectivity index (χ3n) is 5.11. The van der Waals surface area contributed by atoms with E-state index in [1.807, 2.05) is 6.07 Å². The van der Waals surface area contributed by atoms with Gasteiger partial charge in [0.1, 0.15) is 0 Å². The Bertz CT molecular complexity index is 514. The van der Waals surface area contributed by atoms with Crippen LogP contribution >= 0.6 is 0 Å². The third-order valence-corrected chi connectivity index (χ3v) is 5.11. The van der Waals surface area contributed by atoms with Crippen molar-refractivity contribution in [2.45, 2.75) is 63.8 Å². The Balaban J connectivity index is 1.71. The van der Waals surface area contributed by atoms with E-state index in [1.165, 1.54) is 43.2 Å². The average Bonchev–Trinajstić information content (AvgIpc) is 2.56. The summed E-state index contributed by atoms with van der Waals surface area (Å²) in [5, 5.41) is 6.65. The maximum absolute atomic E-state index is 12.6. The zero-order valence-electron chi connectivity index (χ0n) is 13.7. The molecule has 0 atom stereocenters. The zero-order valence-corrected chi connectivity index (χ0v) is 13.7.